The maximum absolute atomic E-state index is 13.4. The number of hydrogen-bond acceptors (Lipinski definition) is 5. The SMILES string of the molecule is COc1cc(-c2nnc(CCCNC3CC3)o2)ccc1F. The molecule has 0 unspecified atom stereocenters. The quantitative estimate of drug-likeness (QED) is 0.794. The van der Waals surface area contributed by atoms with Crippen LogP contribution < -0.4 is 10.1 Å². The fraction of sp³-hybridized carbons (Fsp3) is 0.467. The molecule has 1 N–H and O–H groups in total. The summed E-state index contributed by atoms with van der Waals surface area (Å²) in [5.41, 5.74) is 0.656. The van der Waals surface area contributed by atoms with E-state index in [9.17, 15) is 4.39 Å². The van der Waals surface area contributed by atoms with Crippen LogP contribution in [0, 0.1) is 5.82 Å². The summed E-state index contributed by atoms with van der Waals surface area (Å²) in [7, 11) is 1.42. The molecule has 1 aromatic heterocycles. The van der Waals surface area contributed by atoms with E-state index in [1.807, 2.05) is 0 Å². The summed E-state index contributed by atoms with van der Waals surface area (Å²) in [6.07, 6.45) is 4.28. The van der Waals surface area contributed by atoms with Crippen molar-refractivity contribution in [1.29, 1.82) is 0 Å². The van der Waals surface area contributed by atoms with Gasteiger partial charge in [-0.25, -0.2) is 4.39 Å². The van der Waals surface area contributed by atoms with Gasteiger partial charge in [0.05, 0.1) is 7.11 Å². The molecule has 0 radical (unpaired) electrons. The molecule has 0 atom stereocenters. The maximum atomic E-state index is 13.4. The molecular formula is C15H18FN3O2. The van der Waals surface area contributed by atoms with Gasteiger partial charge in [0.25, 0.3) is 0 Å². The Hall–Kier alpha value is -1.95. The first-order valence-corrected chi connectivity index (χ1v) is 7.16. The summed E-state index contributed by atoms with van der Waals surface area (Å²) in [4.78, 5) is 0. The van der Waals surface area contributed by atoms with Crippen LogP contribution in [0.4, 0.5) is 4.39 Å². The number of hydrogen-bond donors (Lipinski definition) is 1. The number of methoxy groups -OCH3 is 1. The van der Waals surface area contributed by atoms with Crippen LogP contribution >= 0.6 is 0 Å². The minimum atomic E-state index is -0.410. The van der Waals surface area contributed by atoms with Crippen molar-refractivity contribution < 1.29 is 13.5 Å². The molecule has 0 aliphatic heterocycles. The Morgan fingerprint density at radius 2 is 2.24 bits per heavy atom. The Morgan fingerprint density at radius 3 is 3.00 bits per heavy atom. The fourth-order valence-electron chi connectivity index (χ4n) is 2.10. The predicted octanol–water partition coefficient (Wildman–Crippen LogP) is 2.57. The number of halogens is 1. The zero-order valence-corrected chi connectivity index (χ0v) is 11.9. The number of aromatic nitrogens is 2. The second kappa shape index (κ2) is 6.22. The second-order valence-electron chi connectivity index (χ2n) is 5.18. The van der Waals surface area contributed by atoms with Crippen molar-refractivity contribution in [2.75, 3.05) is 13.7 Å². The highest BCUT2D eigenvalue weighted by molar-refractivity contribution is 5.55. The van der Waals surface area contributed by atoms with E-state index in [0.717, 1.165) is 25.4 Å². The van der Waals surface area contributed by atoms with Crippen molar-refractivity contribution in [3.05, 3.63) is 29.9 Å². The van der Waals surface area contributed by atoms with E-state index in [0.29, 0.717) is 17.3 Å². The van der Waals surface area contributed by atoms with Gasteiger partial charge in [0.2, 0.25) is 11.8 Å². The molecule has 2 aromatic rings. The van der Waals surface area contributed by atoms with Crippen LogP contribution in [0.25, 0.3) is 11.5 Å². The average Bonchev–Trinajstić information content (AvgIpc) is 3.21. The van der Waals surface area contributed by atoms with Gasteiger partial charge in [0, 0.05) is 18.0 Å². The molecule has 6 heteroatoms. The van der Waals surface area contributed by atoms with Crippen LogP contribution in [0.5, 0.6) is 5.75 Å². The van der Waals surface area contributed by atoms with Gasteiger partial charge in [0.15, 0.2) is 11.6 Å². The third kappa shape index (κ3) is 3.58. The van der Waals surface area contributed by atoms with Crippen molar-refractivity contribution in [2.24, 2.45) is 0 Å². The van der Waals surface area contributed by atoms with Gasteiger partial charge in [-0.15, -0.1) is 10.2 Å². The van der Waals surface area contributed by atoms with E-state index >= 15 is 0 Å². The first-order valence-electron chi connectivity index (χ1n) is 7.16. The lowest BCUT2D eigenvalue weighted by Gasteiger charge is -2.02. The summed E-state index contributed by atoms with van der Waals surface area (Å²) >= 11 is 0. The summed E-state index contributed by atoms with van der Waals surface area (Å²) in [6, 6.07) is 5.21. The van der Waals surface area contributed by atoms with Crippen LogP contribution in [0.3, 0.4) is 0 Å². The molecule has 0 bridgehead atoms. The van der Waals surface area contributed by atoms with E-state index < -0.39 is 5.82 Å². The van der Waals surface area contributed by atoms with Crippen LogP contribution in [0.2, 0.25) is 0 Å². The highest BCUT2D eigenvalue weighted by atomic mass is 19.1. The molecule has 3 rings (SSSR count). The van der Waals surface area contributed by atoms with E-state index in [4.69, 9.17) is 9.15 Å². The molecule has 1 aromatic carbocycles. The van der Waals surface area contributed by atoms with Crippen LogP contribution in [0.1, 0.15) is 25.2 Å². The first kappa shape index (κ1) is 14.0. The van der Waals surface area contributed by atoms with Gasteiger partial charge in [0.1, 0.15) is 0 Å². The standard InChI is InChI=1S/C15H18FN3O2/c1-20-13-9-10(4-7-12(13)16)15-19-18-14(21-15)3-2-8-17-11-5-6-11/h4,7,9,11,17H,2-3,5-6,8H2,1H3. The molecule has 0 saturated heterocycles. The van der Waals surface area contributed by atoms with Crippen molar-refractivity contribution in [1.82, 2.24) is 15.5 Å². The summed E-state index contributed by atoms with van der Waals surface area (Å²) in [5, 5.41) is 11.5. The first-order chi connectivity index (χ1) is 10.3. The topological polar surface area (TPSA) is 60.2 Å². The summed E-state index contributed by atoms with van der Waals surface area (Å²) in [6.45, 7) is 0.965. The van der Waals surface area contributed by atoms with Crippen molar-refractivity contribution in [2.45, 2.75) is 31.7 Å². The number of benzene rings is 1. The lowest BCUT2D eigenvalue weighted by molar-refractivity contribution is 0.386. The Morgan fingerprint density at radius 1 is 1.38 bits per heavy atom. The van der Waals surface area contributed by atoms with E-state index in [1.165, 1.54) is 26.0 Å². The van der Waals surface area contributed by atoms with Gasteiger partial charge in [-0.2, -0.15) is 0 Å². The number of rotatable bonds is 7. The molecule has 1 aliphatic carbocycles. The fourth-order valence-corrected chi connectivity index (χ4v) is 2.10. The Labute approximate surface area is 122 Å². The van der Waals surface area contributed by atoms with E-state index in [1.54, 1.807) is 12.1 Å². The van der Waals surface area contributed by atoms with Crippen molar-refractivity contribution in [3.63, 3.8) is 0 Å². The third-order valence-electron chi connectivity index (χ3n) is 3.44. The van der Waals surface area contributed by atoms with Crippen molar-refractivity contribution >= 4 is 0 Å². The average molecular weight is 291 g/mol. The highest BCUT2D eigenvalue weighted by Gasteiger charge is 2.19. The number of aryl methyl sites for hydroxylation is 1. The second-order valence-corrected chi connectivity index (χ2v) is 5.18. The molecule has 1 fully saturated rings. The third-order valence-corrected chi connectivity index (χ3v) is 3.44. The molecule has 1 aliphatic rings. The molecule has 5 nitrogen and oxygen atoms in total. The molecule has 1 saturated carbocycles. The Kier molecular flexibility index (Phi) is 4.15. The van der Waals surface area contributed by atoms with E-state index in [2.05, 4.69) is 15.5 Å². The van der Waals surface area contributed by atoms with Crippen LogP contribution in [-0.2, 0) is 6.42 Å². The van der Waals surface area contributed by atoms with Gasteiger partial charge in [-0.05, 0) is 44.0 Å². The normalized spacial score (nSPS) is 14.4. The molecule has 0 amide bonds. The molecule has 0 spiro atoms. The van der Waals surface area contributed by atoms with Crippen LogP contribution in [-0.4, -0.2) is 29.9 Å². The number of nitrogens with zero attached hydrogens (tertiary/aromatic N) is 2. The van der Waals surface area contributed by atoms with Gasteiger partial charge in [-0.1, -0.05) is 0 Å². The largest absolute Gasteiger partial charge is 0.494 e. The molecule has 112 valence electrons. The number of ether oxygens (including phenoxy) is 1. The van der Waals surface area contributed by atoms with Gasteiger partial charge < -0.3 is 14.5 Å². The zero-order chi connectivity index (χ0) is 14.7. The lowest BCUT2D eigenvalue weighted by Crippen LogP contribution is -2.17. The monoisotopic (exact) mass is 291 g/mol. The number of nitrogens with one attached hydrogen (secondary N) is 1. The maximum Gasteiger partial charge on any atom is 0.247 e. The smallest absolute Gasteiger partial charge is 0.247 e. The molecule has 1 heterocycles. The van der Waals surface area contributed by atoms with E-state index in [-0.39, 0.29) is 5.75 Å². The van der Waals surface area contributed by atoms with Gasteiger partial charge >= 0.3 is 0 Å². The highest BCUT2D eigenvalue weighted by Crippen LogP contribution is 2.25. The zero-order valence-electron chi connectivity index (χ0n) is 11.9. The molecular weight excluding hydrogens is 273 g/mol. The predicted molar refractivity (Wildman–Crippen MR) is 75.6 cm³/mol. The van der Waals surface area contributed by atoms with Gasteiger partial charge in [-0.3, -0.25) is 0 Å². The minimum absolute atomic E-state index is 0.167. The summed E-state index contributed by atoms with van der Waals surface area (Å²) < 4.78 is 23.9. The lowest BCUT2D eigenvalue weighted by atomic mass is 10.2. The van der Waals surface area contributed by atoms with Crippen LogP contribution in [0.15, 0.2) is 22.6 Å². The van der Waals surface area contributed by atoms with Crippen molar-refractivity contribution in [3.8, 4) is 17.2 Å². The summed E-state index contributed by atoms with van der Waals surface area (Å²) in [5.74, 6) is 0.748. The Bertz CT molecular complexity index is 611. The molecule has 21 heavy (non-hydrogen) atoms. The minimum Gasteiger partial charge on any atom is -0.494 e. The Balaban J connectivity index is 1.60.